The smallest absolute Gasteiger partial charge is 0.203 e. The zero-order valence-electron chi connectivity index (χ0n) is 25.0. The van der Waals surface area contributed by atoms with Gasteiger partial charge in [0.25, 0.3) is 0 Å². The molecule has 1 fully saturated rings. The third kappa shape index (κ3) is 8.17. The molecule has 0 spiro atoms. The highest BCUT2D eigenvalue weighted by molar-refractivity contribution is 7.70. The molecule has 43 heavy (non-hydrogen) atoms. The van der Waals surface area contributed by atoms with Crippen LogP contribution in [-0.4, -0.2) is 62.0 Å². The van der Waals surface area contributed by atoms with Crippen LogP contribution in [0, 0.1) is 5.41 Å². The van der Waals surface area contributed by atoms with Crippen LogP contribution in [0.25, 0.3) is 0 Å². The molecule has 1 aliphatic heterocycles. The fourth-order valence-corrected chi connectivity index (χ4v) is 6.08. The molecule has 224 valence electrons. The Bertz CT molecular complexity index is 1700. The van der Waals surface area contributed by atoms with Gasteiger partial charge in [0, 0.05) is 24.0 Å². The Balaban J connectivity index is 1.72. The van der Waals surface area contributed by atoms with Gasteiger partial charge in [0.15, 0.2) is 0 Å². The van der Waals surface area contributed by atoms with Gasteiger partial charge >= 0.3 is 0 Å². The summed E-state index contributed by atoms with van der Waals surface area (Å²) < 4.78 is 18.5. The number of aromatic nitrogens is 1. The summed E-state index contributed by atoms with van der Waals surface area (Å²) in [5.41, 5.74) is 3.65. The highest BCUT2D eigenvalue weighted by Crippen LogP contribution is 2.38. The first kappa shape index (κ1) is 32.1. The molecular weight excluding hydrogens is 581 g/mol. The number of benzene rings is 2. The molecule has 3 aromatic rings. The van der Waals surface area contributed by atoms with Crippen LogP contribution in [0.2, 0.25) is 5.02 Å². The van der Waals surface area contributed by atoms with Gasteiger partial charge < -0.3 is 19.5 Å². The van der Waals surface area contributed by atoms with Gasteiger partial charge in [-0.2, -0.15) is 0 Å². The first-order valence-electron chi connectivity index (χ1n) is 14.0. The topological polar surface area (TPSA) is 108 Å². The molecule has 1 saturated heterocycles. The molecule has 1 aliphatic rings. The quantitative estimate of drug-likeness (QED) is 0.120. The normalized spacial score (nSPS) is 14.3. The molecule has 0 atom stereocenters. The third-order valence-corrected chi connectivity index (χ3v) is 9.12. The molecule has 10 heteroatoms. The van der Waals surface area contributed by atoms with E-state index in [0.717, 1.165) is 37.6 Å². The molecule has 0 saturated carbocycles. The number of nitrogens with one attached hydrogen (secondary N) is 2. The van der Waals surface area contributed by atoms with Crippen LogP contribution in [0.5, 0.6) is 5.75 Å². The van der Waals surface area contributed by atoms with E-state index in [-0.39, 0.29) is 5.71 Å². The second kappa shape index (κ2) is 14.1. The van der Waals surface area contributed by atoms with E-state index in [0.29, 0.717) is 50.6 Å². The van der Waals surface area contributed by atoms with Gasteiger partial charge in [-0.15, -0.1) is 0 Å². The number of hydrogen-bond donors (Lipinski definition) is 2. The lowest BCUT2D eigenvalue weighted by atomic mass is 9.94. The number of likely N-dealkylation sites (tertiary alicyclic amines) is 1. The Morgan fingerprint density at radius 2 is 1.93 bits per heavy atom. The number of carbonyl (C=O) groups excluding carboxylic acids is 1. The summed E-state index contributed by atoms with van der Waals surface area (Å²) in [6.45, 7) is 9.01. The van der Waals surface area contributed by atoms with Gasteiger partial charge in [0.2, 0.25) is 5.78 Å². The number of carbonyl (C=O) groups is 1. The fourth-order valence-electron chi connectivity index (χ4n) is 4.81. The van der Waals surface area contributed by atoms with Gasteiger partial charge in [-0.1, -0.05) is 42.0 Å². The minimum Gasteiger partial charge on any atom is -0.495 e. The van der Waals surface area contributed by atoms with Crippen molar-refractivity contribution in [1.82, 2.24) is 9.88 Å². The molecule has 2 N–H and O–H groups in total. The second-order valence-electron chi connectivity index (χ2n) is 10.8. The Hall–Kier alpha value is -3.84. The monoisotopic (exact) mass is 617 g/mol. The van der Waals surface area contributed by atoms with Crippen LogP contribution < -0.4 is 20.7 Å². The molecule has 0 bridgehead atoms. The molecule has 2 aromatic carbocycles. The van der Waals surface area contributed by atoms with Crippen LogP contribution in [-0.2, 0) is 15.8 Å². The van der Waals surface area contributed by atoms with Crippen molar-refractivity contribution in [2.75, 3.05) is 45.9 Å². The average Bonchev–Trinajstić information content (AvgIpc) is 3.16. The van der Waals surface area contributed by atoms with Crippen LogP contribution in [0.15, 0.2) is 84.0 Å². The molecule has 2 heterocycles. The number of anilines is 2. The number of rotatable bonds is 10. The van der Waals surface area contributed by atoms with E-state index >= 15 is 0 Å². The van der Waals surface area contributed by atoms with Crippen molar-refractivity contribution >= 4 is 52.7 Å². The summed E-state index contributed by atoms with van der Waals surface area (Å²) in [6, 6.07) is 14.3. The maximum Gasteiger partial charge on any atom is 0.203 e. The SMILES string of the molecule is C=CC(=O)C(=N)c1cc(Nc2ccc(=Nc3ccccc3P(C)(C)=O)c(Cl)cn2)c(OC)cc1CC=C1CCN(C)CC1. The first-order valence-corrected chi connectivity index (χ1v) is 16.9. The predicted molar refractivity (Wildman–Crippen MR) is 177 cm³/mol. The largest absolute Gasteiger partial charge is 0.495 e. The number of ether oxygens (including phenoxy) is 1. The molecule has 8 nitrogen and oxygen atoms in total. The van der Waals surface area contributed by atoms with Crippen molar-refractivity contribution in [3.05, 3.63) is 101 Å². The summed E-state index contributed by atoms with van der Waals surface area (Å²) in [5, 5.41) is 13.3. The van der Waals surface area contributed by atoms with Gasteiger partial charge in [0.05, 0.1) is 35.1 Å². The number of para-hydroxylation sites is 1. The number of allylic oxidation sites excluding steroid dienone is 2. The Morgan fingerprint density at radius 1 is 1.21 bits per heavy atom. The average molecular weight is 618 g/mol. The highest BCUT2D eigenvalue weighted by Gasteiger charge is 2.19. The van der Waals surface area contributed by atoms with Crippen molar-refractivity contribution in [3.8, 4) is 5.75 Å². The summed E-state index contributed by atoms with van der Waals surface area (Å²) in [4.78, 5) is 24.0. The molecule has 0 amide bonds. The van der Waals surface area contributed by atoms with Crippen LogP contribution in [0.3, 0.4) is 0 Å². The zero-order valence-corrected chi connectivity index (χ0v) is 26.6. The standard InChI is InChI=1S/C33H37ClN5O3P/c1-6-29(40)33(35)24-20-28(30(42-3)19-23(24)12-11-22-15-17-39(2)18-16-22)38-32-14-13-26(25(34)21-36-32)37-27-9-7-8-10-31(27)43(4,5)41/h6-11,13-14,19-21,35H,1,12,15-18H2,2-5H3,(H,36,38). The summed E-state index contributed by atoms with van der Waals surface area (Å²) in [6.07, 6.45) is 7.41. The number of piperidine rings is 1. The zero-order chi connectivity index (χ0) is 31.1. The van der Waals surface area contributed by atoms with Crippen molar-refractivity contribution < 1.29 is 14.1 Å². The van der Waals surface area contributed by atoms with Crippen LogP contribution in [0.4, 0.5) is 17.2 Å². The summed E-state index contributed by atoms with van der Waals surface area (Å²) in [5.74, 6) is 0.523. The molecular formula is C33H37ClN5O3P. The lowest BCUT2D eigenvalue weighted by molar-refractivity contribution is -0.108. The maximum atomic E-state index is 12.8. The molecule has 0 radical (unpaired) electrons. The lowest BCUT2D eigenvalue weighted by Crippen LogP contribution is -2.26. The Labute approximate surface area is 258 Å². The number of methoxy groups -OCH3 is 1. The summed E-state index contributed by atoms with van der Waals surface area (Å²) in [7, 11) is 1.13. The summed E-state index contributed by atoms with van der Waals surface area (Å²) >= 11 is 6.54. The second-order valence-corrected chi connectivity index (χ2v) is 14.4. The van der Waals surface area contributed by atoms with Gasteiger partial charge in [-0.25, -0.2) is 9.98 Å². The first-order chi connectivity index (χ1) is 20.5. The van der Waals surface area contributed by atoms with Crippen LogP contribution in [0.1, 0.15) is 24.0 Å². The van der Waals surface area contributed by atoms with E-state index in [1.807, 2.05) is 24.3 Å². The van der Waals surface area contributed by atoms with Gasteiger partial charge in [0.1, 0.15) is 24.4 Å². The van der Waals surface area contributed by atoms with E-state index in [2.05, 4.69) is 39.9 Å². The van der Waals surface area contributed by atoms with E-state index in [1.165, 1.54) is 11.8 Å². The van der Waals surface area contributed by atoms with E-state index < -0.39 is 12.9 Å². The van der Waals surface area contributed by atoms with Crippen molar-refractivity contribution in [2.24, 2.45) is 4.99 Å². The third-order valence-electron chi connectivity index (χ3n) is 7.29. The number of halogens is 1. The Morgan fingerprint density at radius 3 is 2.60 bits per heavy atom. The fraction of sp³-hybridized carbons (Fsp3) is 0.273. The lowest BCUT2D eigenvalue weighted by Gasteiger charge is -2.24. The highest BCUT2D eigenvalue weighted by atomic mass is 35.5. The predicted octanol–water partition coefficient (Wildman–Crippen LogP) is 6.29. The van der Waals surface area contributed by atoms with E-state index in [9.17, 15) is 9.36 Å². The molecule has 4 rings (SSSR count). The molecule has 0 aliphatic carbocycles. The molecule has 1 aromatic heterocycles. The van der Waals surface area contributed by atoms with Crippen LogP contribution >= 0.6 is 18.7 Å². The van der Waals surface area contributed by atoms with Gasteiger partial charge in [-0.3, -0.25) is 10.2 Å². The van der Waals surface area contributed by atoms with Gasteiger partial charge in [-0.05, 0) is 87.7 Å². The van der Waals surface area contributed by atoms with Crippen molar-refractivity contribution in [1.29, 1.82) is 5.41 Å². The maximum absolute atomic E-state index is 12.8. The molecule has 0 unspecified atom stereocenters. The minimum absolute atomic E-state index is 0.143. The Kier molecular flexibility index (Phi) is 10.5. The van der Waals surface area contributed by atoms with E-state index in [4.69, 9.17) is 21.7 Å². The van der Waals surface area contributed by atoms with E-state index in [1.54, 1.807) is 44.7 Å². The van der Waals surface area contributed by atoms with Crippen molar-refractivity contribution in [2.45, 2.75) is 19.3 Å². The van der Waals surface area contributed by atoms with Crippen molar-refractivity contribution in [3.63, 3.8) is 0 Å². The number of nitrogens with zero attached hydrogens (tertiary/aromatic N) is 3. The number of ketones is 1. The number of hydrogen-bond acceptors (Lipinski definition) is 8. The minimum atomic E-state index is -2.57.